The number of hydrogen-bond acceptors (Lipinski definition) is 2. The second-order valence-electron chi connectivity index (χ2n) is 0.860. The van der Waals surface area contributed by atoms with E-state index in [0.717, 1.165) is 0 Å². The average Bonchev–Trinajstić information content (AvgIpc) is 1.61. The molecule has 2 amide bonds. The summed E-state index contributed by atoms with van der Waals surface area (Å²) < 4.78 is 0. The Hall–Kier alpha value is -1.46. The van der Waals surface area contributed by atoms with Gasteiger partial charge in [-0.05, 0) is 0 Å². The molecule has 46 valence electrons. The van der Waals surface area contributed by atoms with Gasteiger partial charge in [0.2, 0.25) is 0 Å². The van der Waals surface area contributed by atoms with Crippen molar-refractivity contribution in [2.24, 2.45) is 0 Å². The summed E-state index contributed by atoms with van der Waals surface area (Å²) in [5, 5.41) is 15.5. The lowest BCUT2D eigenvalue weighted by Gasteiger charge is -1.94. The zero-order valence-corrected chi connectivity index (χ0v) is 3.71. The number of carboxylic acid groups (broad SMARTS) is 2. The molecule has 0 aliphatic carbocycles. The lowest BCUT2D eigenvalue weighted by molar-refractivity contribution is 0.172. The summed E-state index contributed by atoms with van der Waals surface area (Å²) in [5.41, 5.74) is 2.82. The topological polar surface area (TPSA) is 98.7 Å². The highest BCUT2D eigenvalue weighted by atomic mass is 16.4. The van der Waals surface area contributed by atoms with Gasteiger partial charge in [0.15, 0.2) is 0 Å². The normalized spacial score (nSPS) is 7.50. The number of hydrogen-bond donors (Lipinski definition) is 4. The third-order valence-electron chi connectivity index (χ3n) is 0.276. The van der Waals surface area contributed by atoms with Gasteiger partial charge in [-0.25, -0.2) is 20.4 Å². The molecule has 0 unspecified atom stereocenters. The molecule has 0 heterocycles. The minimum Gasteiger partial charge on any atom is -0.464 e. The summed E-state index contributed by atoms with van der Waals surface area (Å²) >= 11 is 0. The number of amides is 2. The maximum Gasteiger partial charge on any atom is 0.423 e. The molecule has 4 N–H and O–H groups in total. The Balaban J connectivity index is 3.18. The van der Waals surface area contributed by atoms with Crippen molar-refractivity contribution in [1.29, 1.82) is 0 Å². The molecule has 0 radical (unpaired) electrons. The van der Waals surface area contributed by atoms with Crippen LogP contribution in [0.1, 0.15) is 0 Å². The highest BCUT2D eigenvalue weighted by Crippen LogP contribution is 1.55. The maximum absolute atomic E-state index is 9.47. The molecule has 0 spiro atoms. The second-order valence-corrected chi connectivity index (χ2v) is 0.860. The lowest BCUT2D eigenvalue weighted by atomic mass is 11.2. The molecular formula is C2H4N2O4. The summed E-state index contributed by atoms with van der Waals surface area (Å²) in [7, 11) is 0. The molecule has 0 atom stereocenters. The molecule has 0 saturated heterocycles. The quantitative estimate of drug-likeness (QED) is 0.322. The van der Waals surface area contributed by atoms with Crippen LogP contribution < -0.4 is 10.9 Å². The van der Waals surface area contributed by atoms with Crippen LogP contribution in [0, 0.1) is 0 Å². The molecule has 0 aromatic rings. The number of rotatable bonds is 0. The molecule has 0 fully saturated rings. The number of hydrazine groups is 1. The van der Waals surface area contributed by atoms with Gasteiger partial charge in [-0.15, -0.1) is 0 Å². The minimum absolute atomic E-state index is 1.41. The van der Waals surface area contributed by atoms with E-state index in [2.05, 4.69) is 0 Å². The number of nitrogens with one attached hydrogen (secondary N) is 2. The Labute approximate surface area is 44.1 Å². The summed E-state index contributed by atoms with van der Waals surface area (Å²) in [6.45, 7) is 0. The highest BCUT2D eigenvalue weighted by molar-refractivity contribution is 5.70. The van der Waals surface area contributed by atoms with Crippen LogP contribution >= 0.6 is 0 Å². The van der Waals surface area contributed by atoms with E-state index < -0.39 is 12.2 Å². The maximum atomic E-state index is 9.47. The van der Waals surface area contributed by atoms with Gasteiger partial charge in [-0.3, -0.25) is 0 Å². The Morgan fingerprint density at radius 1 is 1.00 bits per heavy atom. The van der Waals surface area contributed by atoms with Crippen LogP contribution in [-0.4, -0.2) is 22.4 Å². The molecule has 0 aliphatic rings. The van der Waals surface area contributed by atoms with Gasteiger partial charge in [0, 0.05) is 0 Å². The van der Waals surface area contributed by atoms with Crippen LogP contribution in [0.5, 0.6) is 0 Å². The van der Waals surface area contributed by atoms with Crippen molar-refractivity contribution in [3.63, 3.8) is 0 Å². The van der Waals surface area contributed by atoms with Gasteiger partial charge in [-0.1, -0.05) is 0 Å². The van der Waals surface area contributed by atoms with E-state index in [0.29, 0.717) is 0 Å². The van der Waals surface area contributed by atoms with E-state index >= 15 is 0 Å². The molecule has 0 saturated carbocycles. The molecule has 0 aliphatic heterocycles. The Bertz CT molecular complexity index is 96.6. The van der Waals surface area contributed by atoms with E-state index in [4.69, 9.17) is 10.2 Å². The average molecular weight is 120 g/mol. The molecule has 6 heteroatoms. The molecule has 0 aromatic heterocycles. The fourth-order valence-electron chi connectivity index (χ4n) is 0.107. The predicted octanol–water partition coefficient (Wildman–Crippen LogP) is -0.563. The van der Waals surface area contributed by atoms with E-state index in [-0.39, 0.29) is 0 Å². The predicted molar refractivity (Wildman–Crippen MR) is 22.3 cm³/mol. The smallest absolute Gasteiger partial charge is 0.423 e. The van der Waals surface area contributed by atoms with Crippen molar-refractivity contribution in [2.75, 3.05) is 0 Å². The molecule has 0 rings (SSSR count). The first-order valence-electron chi connectivity index (χ1n) is 1.61. The van der Waals surface area contributed by atoms with E-state index in [1.165, 1.54) is 10.9 Å². The highest BCUT2D eigenvalue weighted by Gasteiger charge is 1.94. The molecular weight excluding hydrogens is 116 g/mol. The second kappa shape index (κ2) is 2.67. The fraction of sp³-hybridized carbons (Fsp3) is 0. The van der Waals surface area contributed by atoms with Crippen molar-refractivity contribution in [3.8, 4) is 0 Å². The molecule has 0 bridgehead atoms. The van der Waals surface area contributed by atoms with Crippen molar-refractivity contribution < 1.29 is 19.8 Å². The van der Waals surface area contributed by atoms with E-state index in [9.17, 15) is 9.59 Å². The first-order chi connectivity index (χ1) is 3.63. The van der Waals surface area contributed by atoms with Crippen LogP contribution in [0.3, 0.4) is 0 Å². The zero-order chi connectivity index (χ0) is 6.57. The minimum atomic E-state index is -1.44. The van der Waals surface area contributed by atoms with Crippen LogP contribution in [-0.2, 0) is 0 Å². The molecule has 6 nitrogen and oxygen atoms in total. The Morgan fingerprint density at radius 2 is 1.25 bits per heavy atom. The van der Waals surface area contributed by atoms with E-state index in [1.807, 2.05) is 0 Å². The van der Waals surface area contributed by atoms with Gasteiger partial charge in [0.05, 0.1) is 0 Å². The molecule has 8 heavy (non-hydrogen) atoms. The monoisotopic (exact) mass is 120 g/mol. The van der Waals surface area contributed by atoms with Crippen molar-refractivity contribution in [1.82, 2.24) is 10.9 Å². The third kappa shape index (κ3) is 4.54. The first-order valence-corrected chi connectivity index (χ1v) is 1.61. The summed E-state index contributed by atoms with van der Waals surface area (Å²) in [6, 6.07) is 0. The number of carbonyl (C=O) groups is 2. The SMILES string of the molecule is O=C(O)NNC(=O)O. The Morgan fingerprint density at radius 3 is 1.38 bits per heavy atom. The van der Waals surface area contributed by atoms with Gasteiger partial charge in [0.25, 0.3) is 0 Å². The van der Waals surface area contributed by atoms with Gasteiger partial charge < -0.3 is 10.2 Å². The zero-order valence-electron chi connectivity index (χ0n) is 3.71. The molecule has 0 aromatic carbocycles. The first kappa shape index (κ1) is 6.54. The fourth-order valence-corrected chi connectivity index (χ4v) is 0.107. The van der Waals surface area contributed by atoms with Crippen molar-refractivity contribution >= 4 is 12.2 Å². The Kier molecular flexibility index (Phi) is 2.18. The van der Waals surface area contributed by atoms with Crippen LogP contribution in [0.25, 0.3) is 0 Å². The standard InChI is InChI=1S/C2H4N2O4/c5-1(6)3-4-2(7)8/h3-4H,(H,5,6)(H,7,8). The van der Waals surface area contributed by atoms with Gasteiger partial charge >= 0.3 is 12.2 Å². The largest absolute Gasteiger partial charge is 0.464 e. The summed E-state index contributed by atoms with van der Waals surface area (Å²) in [5.74, 6) is 0. The van der Waals surface area contributed by atoms with Crippen LogP contribution in [0.2, 0.25) is 0 Å². The van der Waals surface area contributed by atoms with Crippen molar-refractivity contribution in [2.45, 2.75) is 0 Å². The van der Waals surface area contributed by atoms with Crippen molar-refractivity contribution in [3.05, 3.63) is 0 Å². The third-order valence-corrected chi connectivity index (χ3v) is 0.276. The van der Waals surface area contributed by atoms with E-state index in [1.54, 1.807) is 0 Å². The van der Waals surface area contributed by atoms with Gasteiger partial charge in [-0.2, -0.15) is 0 Å². The van der Waals surface area contributed by atoms with Gasteiger partial charge in [0.1, 0.15) is 0 Å². The van der Waals surface area contributed by atoms with Crippen LogP contribution in [0.4, 0.5) is 9.59 Å². The lowest BCUT2D eigenvalue weighted by Crippen LogP contribution is -2.39. The summed E-state index contributed by atoms with van der Waals surface area (Å²) in [6.07, 6.45) is -2.88. The van der Waals surface area contributed by atoms with Crippen LogP contribution in [0.15, 0.2) is 0 Å². The summed E-state index contributed by atoms with van der Waals surface area (Å²) in [4.78, 5) is 18.9.